The number of ether oxygens (including phenoxy) is 1. The number of esters is 1. The van der Waals surface area contributed by atoms with Gasteiger partial charge in [0.2, 0.25) is 0 Å². The standard InChI is InChI=1S/C12H17NO4/c1-2-17-12(16)9-5-3-4-6-10(9)13-8-7-11(14)15/h3-6,11,13-15H,2,7-8H2,1H3. The summed E-state index contributed by atoms with van der Waals surface area (Å²) >= 11 is 0. The van der Waals surface area contributed by atoms with Crippen LogP contribution < -0.4 is 5.32 Å². The van der Waals surface area contributed by atoms with Crippen LogP contribution in [0.2, 0.25) is 0 Å². The highest BCUT2D eigenvalue weighted by atomic mass is 16.5. The lowest BCUT2D eigenvalue weighted by Gasteiger charge is -2.11. The quantitative estimate of drug-likeness (QED) is 0.509. The van der Waals surface area contributed by atoms with E-state index in [4.69, 9.17) is 14.9 Å². The number of hydrogen-bond donors (Lipinski definition) is 3. The number of rotatable bonds is 6. The monoisotopic (exact) mass is 239 g/mol. The summed E-state index contributed by atoms with van der Waals surface area (Å²) in [5.74, 6) is -0.389. The Morgan fingerprint density at radius 1 is 1.41 bits per heavy atom. The Bertz CT molecular complexity index is 365. The van der Waals surface area contributed by atoms with E-state index in [9.17, 15) is 4.79 Å². The molecule has 0 aliphatic carbocycles. The van der Waals surface area contributed by atoms with Gasteiger partial charge in [0, 0.05) is 18.7 Å². The molecule has 0 atom stereocenters. The van der Waals surface area contributed by atoms with Crippen LogP contribution in [0.4, 0.5) is 5.69 Å². The Morgan fingerprint density at radius 3 is 2.76 bits per heavy atom. The number of nitrogens with one attached hydrogen (secondary N) is 1. The third-order valence-corrected chi connectivity index (χ3v) is 2.14. The van der Waals surface area contributed by atoms with Gasteiger partial charge in [0.05, 0.1) is 12.2 Å². The Balaban J connectivity index is 2.67. The van der Waals surface area contributed by atoms with Crippen molar-refractivity contribution >= 4 is 11.7 Å². The molecule has 0 aromatic heterocycles. The Labute approximate surface area is 100 Å². The van der Waals surface area contributed by atoms with Gasteiger partial charge in [-0.15, -0.1) is 0 Å². The van der Waals surface area contributed by atoms with Crippen molar-refractivity contribution in [2.24, 2.45) is 0 Å². The summed E-state index contributed by atoms with van der Waals surface area (Å²) < 4.78 is 4.92. The zero-order valence-corrected chi connectivity index (χ0v) is 9.72. The van der Waals surface area contributed by atoms with Crippen LogP contribution in [-0.4, -0.2) is 35.6 Å². The van der Waals surface area contributed by atoms with Crippen molar-refractivity contribution < 1.29 is 19.7 Å². The first-order valence-corrected chi connectivity index (χ1v) is 5.51. The van der Waals surface area contributed by atoms with Crippen molar-refractivity contribution in [3.63, 3.8) is 0 Å². The molecule has 0 spiro atoms. The number of anilines is 1. The zero-order valence-electron chi connectivity index (χ0n) is 9.72. The van der Waals surface area contributed by atoms with Crippen LogP contribution in [0.25, 0.3) is 0 Å². The lowest BCUT2D eigenvalue weighted by molar-refractivity contribution is -0.0423. The van der Waals surface area contributed by atoms with Gasteiger partial charge in [-0.05, 0) is 19.1 Å². The molecule has 0 aliphatic rings. The van der Waals surface area contributed by atoms with Crippen LogP contribution in [0, 0.1) is 0 Å². The fourth-order valence-corrected chi connectivity index (χ4v) is 1.36. The summed E-state index contributed by atoms with van der Waals surface area (Å²) in [7, 11) is 0. The number of para-hydroxylation sites is 1. The third-order valence-electron chi connectivity index (χ3n) is 2.14. The van der Waals surface area contributed by atoms with Gasteiger partial charge in [-0.25, -0.2) is 4.79 Å². The average Bonchev–Trinajstić information content (AvgIpc) is 2.29. The molecule has 0 aliphatic heterocycles. The summed E-state index contributed by atoms with van der Waals surface area (Å²) in [5, 5.41) is 20.4. The van der Waals surface area contributed by atoms with Gasteiger partial charge in [0.1, 0.15) is 0 Å². The highest BCUT2D eigenvalue weighted by Gasteiger charge is 2.11. The molecule has 1 aromatic rings. The molecule has 0 fully saturated rings. The molecule has 1 rings (SSSR count). The second-order valence-electron chi connectivity index (χ2n) is 3.46. The lowest BCUT2D eigenvalue weighted by Crippen LogP contribution is -2.14. The number of benzene rings is 1. The van der Waals surface area contributed by atoms with E-state index in [1.807, 2.05) is 0 Å². The van der Waals surface area contributed by atoms with Crippen molar-refractivity contribution in [1.29, 1.82) is 0 Å². The van der Waals surface area contributed by atoms with Gasteiger partial charge in [0.15, 0.2) is 6.29 Å². The maximum Gasteiger partial charge on any atom is 0.340 e. The largest absolute Gasteiger partial charge is 0.462 e. The molecule has 0 saturated carbocycles. The predicted molar refractivity (Wildman–Crippen MR) is 63.7 cm³/mol. The first-order valence-electron chi connectivity index (χ1n) is 5.51. The zero-order chi connectivity index (χ0) is 12.7. The van der Waals surface area contributed by atoms with Crippen molar-refractivity contribution in [3.05, 3.63) is 29.8 Å². The minimum atomic E-state index is -1.35. The first kappa shape index (κ1) is 13.5. The molecular formula is C12H17NO4. The second kappa shape index (κ2) is 6.88. The van der Waals surface area contributed by atoms with Crippen molar-refractivity contribution in [1.82, 2.24) is 0 Å². The minimum Gasteiger partial charge on any atom is -0.462 e. The van der Waals surface area contributed by atoms with Crippen LogP contribution in [0.15, 0.2) is 24.3 Å². The molecule has 3 N–H and O–H groups in total. The van der Waals surface area contributed by atoms with E-state index in [0.29, 0.717) is 24.4 Å². The molecule has 5 heteroatoms. The highest BCUT2D eigenvalue weighted by Crippen LogP contribution is 2.16. The number of aliphatic hydroxyl groups excluding tert-OH is 1. The summed E-state index contributed by atoms with van der Waals surface area (Å²) in [6.45, 7) is 2.44. The van der Waals surface area contributed by atoms with Crippen LogP contribution in [-0.2, 0) is 4.74 Å². The topological polar surface area (TPSA) is 78.8 Å². The summed E-state index contributed by atoms with van der Waals surface area (Å²) in [6.07, 6.45) is -1.16. The van der Waals surface area contributed by atoms with E-state index in [1.54, 1.807) is 31.2 Å². The average molecular weight is 239 g/mol. The lowest BCUT2D eigenvalue weighted by atomic mass is 10.2. The van der Waals surface area contributed by atoms with Crippen molar-refractivity contribution in [2.45, 2.75) is 19.6 Å². The van der Waals surface area contributed by atoms with Crippen molar-refractivity contribution in [3.8, 4) is 0 Å². The molecular weight excluding hydrogens is 222 g/mol. The van der Waals surface area contributed by atoms with Gasteiger partial charge in [-0.2, -0.15) is 0 Å². The van der Waals surface area contributed by atoms with Gasteiger partial charge >= 0.3 is 5.97 Å². The Hall–Kier alpha value is -1.59. The molecule has 94 valence electrons. The SMILES string of the molecule is CCOC(=O)c1ccccc1NCCC(O)O. The van der Waals surface area contributed by atoms with Gasteiger partial charge < -0.3 is 20.3 Å². The molecule has 0 amide bonds. The second-order valence-corrected chi connectivity index (χ2v) is 3.46. The summed E-state index contributed by atoms with van der Waals surface area (Å²) in [4.78, 5) is 11.6. The molecule has 0 radical (unpaired) electrons. The number of carbonyl (C=O) groups excluding carboxylic acids is 1. The Kier molecular flexibility index (Phi) is 5.45. The fraction of sp³-hybridized carbons (Fsp3) is 0.417. The van der Waals surface area contributed by atoms with E-state index in [0.717, 1.165) is 0 Å². The van der Waals surface area contributed by atoms with Gasteiger partial charge in [0.25, 0.3) is 0 Å². The predicted octanol–water partition coefficient (Wildman–Crippen LogP) is 0.976. The normalized spacial score (nSPS) is 10.4. The fourth-order valence-electron chi connectivity index (χ4n) is 1.36. The maximum atomic E-state index is 11.6. The molecule has 0 unspecified atom stereocenters. The molecule has 5 nitrogen and oxygen atoms in total. The highest BCUT2D eigenvalue weighted by molar-refractivity contribution is 5.95. The van der Waals surface area contributed by atoms with E-state index in [1.165, 1.54) is 0 Å². The first-order chi connectivity index (χ1) is 8.15. The molecule has 0 heterocycles. The number of aliphatic hydroxyl groups is 2. The maximum absolute atomic E-state index is 11.6. The summed E-state index contributed by atoms with van der Waals surface area (Å²) in [6, 6.07) is 6.95. The third kappa shape index (κ3) is 4.42. The molecule has 0 saturated heterocycles. The molecule has 17 heavy (non-hydrogen) atoms. The van der Waals surface area contributed by atoms with Crippen LogP contribution in [0.1, 0.15) is 23.7 Å². The Morgan fingerprint density at radius 2 is 2.12 bits per heavy atom. The van der Waals surface area contributed by atoms with Crippen molar-refractivity contribution in [2.75, 3.05) is 18.5 Å². The minimum absolute atomic E-state index is 0.192. The number of hydrogen-bond acceptors (Lipinski definition) is 5. The van der Waals surface area contributed by atoms with E-state index in [2.05, 4.69) is 5.32 Å². The number of carbonyl (C=O) groups is 1. The van der Waals surface area contributed by atoms with Gasteiger partial charge in [-0.1, -0.05) is 12.1 Å². The van der Waals surface area contributed by atoms with Crippen LogP contribution in [0.5, 0.6) is 0 Å². The molecule has 0 bridgehead atoms. The van der Waals surface area contributed by atoms with E-state index >= 15 is 0 Å². The summed E-state index contributed by atoms with van der Waals surface area (Å²) in [5.41, 5.74) is 1.08. The van der Waals surface area contributed by atoms with Gasteiger partial charge in [-0.3, -0.25) is 0 Å². The smallest absolute Gasteiger partial charge is 0.340 e. The van der Waals surface area contributed by atoms with Crippen LogP contribution >= 0.6 is 0 Å². The van der Waals surface area contributed by atoms with E-state index in [-0.39, 0.29) is 12.4 Å². The molecule has 1 aromatic carbocycles. The van der Waals surface area contributed by atoms with E-state index < -0.39 is 6.29 Å². The van der Waals surface area contributed by atoms with Crippen LogP contribution in [0.3, 0.4) is 0 Å².